The van der Waals surface area contributed by atoms with Gasteiger partial charge in [0.1, 0.15) is 0 Å². The summed E-state index contributed by atoms with van der Waals surface area (Å²) in [5, 5.41) is 0. The Morgan fingerprint density at radius 3 is 1.36 bits per heavy atom. The molecule has 0 amide bonds. The van der Waals surface area contributed by atoms with Gasteiger partial charge < -0.3 is 0 Å². The first-order chi connectivity index (χ1) is 10.4. The molecule has 0 saturated heterocycles. The zero-order chi connectivity index (χ0) is 17.0. The van der Waals surface area contributed by atoms with Crippen molar-refractivity contribution in [3.8, 4) is 0 Å². The minimum absolute atomic E-state index is 0.900. The van der Waals surface area contributed by atoms with Crippen molar-refractivity contribution in [2.75, 3.05) is 6.26 Å². The zero-order valence-electron chi connectivity index (χ0n) is 13.0. The van der Waals surface area contributed by atoms with Crippen LogP contribution in [0.15, 0.2) is 107 Å². The van der Waals surface area contributed by atoms with E-state index in [9.17, 15) is 0 Å². The average molecular weight is 347 g/mol. The third kappa shape index (κ3) is 11.4. The van der Waals surface area contributed by atoms with Crippen LogP contribution in [-0.2, 0) is 0 Å². The molecule has 0 bridgehead atoms. The number of hydrogen-bond acceptors (Lipinski definition) is 3. The normalized spacial score (nSPS) is 11.1. The molecule has 0 aliphatic carbocycles. The van der Waals surface area contributed by atoms with Crippen LogP contribution >= 0.6 is 35.3 Å². The van der Waals surface area contributed by atoms with E-state index in [4.69, 9.17) is 0 Å². The molecule has 116 valence electrons. The molecule has 0 aromatic heterocycles. The first-order valence-electron chi connectivity index (χ1n) is 6.38. The smallest absolute Gasteiger partial charge is 0.00501 e. The number of allylic oxidation sites excluding steroid dienone is 7. The fourth-order valence-corrected chi connectivity index (χ4v) is 2.52. The first kappa shape index (κ1) is 20.7. The van der Waals surface area contributed by atoms with Crippen molar-refractivity contribution < 1.29 is 0 Å². The molecule has 0 radical (unpaired) electrons. The highest BCUT2D eigenvalue weighted by atomic mass is 32.2. The fraction of sp³-hybridized carbons (Fsp3) is 0.0526. The summed E-state index contributed by atoms with van der Waals surface area (Å²) in [5.41, 5.74) is 0. The lowest BCUT2D eigenvalue weighted by atomic mass is 10.4. The van der Waals surface area contributed by atoms with Crippen LogP contribution in [0.1, 0.15) is 0 Å². The Morgan fingerprint density at radius 2 is 1.00 bits per heavy atom. The van der Waals surface area contributed by atoms with Crippen LogP contribution in [0.25, 0.3) is 0 Å². The Balaban J connectivity index is 4.33. The highest BCUT2D eigenvalue weighted by Gasteiger charge is 1.96. The van der Waals surface area contributed by atoms with Gasteiger partial charge >= 0.3 is 0 Å². The summed E-state index contributed by atoms with van der Waals surface area (Å²) in [6.45, 7) is 23.4. The molecule has 0 rings (SSSR count). The van der Waals surface area contributed by atoms with Gasteiger partial charge in [-0.25, -0.2) is 0 Å². The van der Waals surface area contributed by atoms with E-state index in [-0.39, 0.29) is 0 Å². The lowest BCUT2D eigenvalue weighted by Gasteiger charge is -2.02. The van der Waals surface area contributed by atoms with E-state index >= 15 is 0 Å². The Morgan fingerprint density at radius 1 is 0.636 bits per heavy atom. The Kier molecular flexibility index (Phi) is 11.6. The van der Waals surface area contributed by atoms with Gasteiger partial charge in [-0.2, -0.15) is 0 Å². The Labute approximate surface area is 147 Å². The molecule has 0 N–H and O–H groups in total. The van der Waals surface area contributed by atoms with Crippen LogP contribution in [0.4, 0.5) is 0 Å². The number of hydrogen-bond donors (Lipinski definition) is 0. The lowest BCUT2D eigenvalue weighted by Crippen LogP contribution is -1.73. The summed E-state index contributed by atoms with van der Waals surface area (Å²) >= 11 is 4.63. The summed E-state index contributed by atoms with van der Waals surface area (Å²) in [6.07, 6.45) is 15.2. The van der Waals surface area contributed by atoms with Crippen LogP contribution in [0, 0.1) is 0 Å². The van der Waals surface area contributed by atoms with Gasteiger partial charge in [-0.15, -0.1) is 11.8 Å². The van der Waals surface area contributed by atoms with E-state index in [0.29, 0.717) is 0 Å². The van der Waals surface area contributed by atoms with Gasteiger partial charge in [-0.3, -0.25) is 0 Å². The van der Waals surface area contributed by atoms with E-state index in [2.05, 4.69) is 39.5 Å². The highest BCUT2D eigenvalue weighted by molar-refractivity contribution is 8.07. The predicted octanol–water partition coefficient (Wildman–Crippen LogP) is 7.24. The average Bonchev–Trinajstić information content (AvgIpc) is 2.48. The number of rotatable bonds is 11. The second-order valence-corrected chi connectivity index (χ2v) is 7.44. The largest absolute Gasteiger partial charge is 0.130 e. The van der Waals surface area contributed by atoms with Crippen molar-refractivity contribution in [3.63, 3.8) is 0 Å². The van der Waals surface area contributed by atoms with Crippen molar-refractivity contribution in [2.24, 2.45) is 0 Å². The molecule has 3 heteroatoms. The summed E-state index contributed by atoms with van der Waals surface area (Å²) in [4.78, 5) is 4.63. The molecule has 0 aromatic carbocycles. The SMILES string of the molecule is C=C/C=C\C(=C)SC(=C)/C=C\C(=C)SC(=C)/C=C\C(=C)SC. The molecule has 0 atom stereocenters. The van der Waals surface area contributed by atoms with Crippen molar-refractivity contribution >= 4 is 35.3 Å². The summed E-state index contributed by atoms with van der Waals surface area (Å²) in [5.74, 6) is 0. The molecular weight excluding hydrogens is 324 g/mol. The summed E-state index contributed by atoms with van der Waals surface area (Å²) in [7, 11) is 0. The van der Waals surface area contributed by atoms with Crippen LogP contribution < -0.4 is 0 Å². The first-order valence-corrected chi connectivity index (χ1v) is 9.24. The predicted molar refractivity (Wildman–Crippen MR) is 112 cm³/mol. The molecule has 0 aliphatic heterocycles. The van der Waals surface area contributed by atoms with Crippen LogP contribution in [0.5, 0.6) is 0 Å². The highest BCUT2D eigenvalue weighted by Crippen LogP contribution is 2.28. The van der Waals surface area contributed by atoms with Crippen molar-refractivity contribution in [1.82, 2.24) is 0 Å². The maximum absolute atomic E-state index is 4.00. The molecule has 0 aliphatic rings. The summed E-state index contributed by atoms with van der Waals surface area (Å²) in [6, 6.07) is 0. The van der Waals surface area contributed by atoms with Gasteiger partial charge in [-0.1, -0.05) is 75.1 Å². The second-order valence-electron chi connectivity index (χ2n) is 4.00. The minimum atomic E-state index is 0.900. The maximum Gasteiger partial charge on any atom is 0.00501 e. The molecule has 0 unspecified atom stereocenters. The second kappa shape index (κ2) is 12.3. The summed E-state index contributed by atoms with van der Waals surface area (Å²) < 4.78 is 0. The van der Waals surface area contributed by atoms with Gasteiger partial charge in [0.25, 0.3) is 0 Å². The molecule has 0 fully saturated rings. The molecule has 0 heterocycles. The van der Waals surface area contributed by atoms with Crippen LogP contribution in [0.3, 0.4) is 0 Å². The molecule has 0 nitrogen and oxygen atoms in total. The van der Waals surface area contributed by atoms with Gasteiger partial charge in [0.2, 0.25) is 0 Å². The Hall–Kier alpha value is -1.29. The molecule has 0 saturated carbocycles. The fourth-order valence-electron chi connectivity index (χ4n) is 1.09. The topological polar surface area (TPSA) is 0 Å². The molecule has 22 heavy (non-hydrogen) atoms. The monoisotopic (exact) mass is 346 g/mol. The maximum atomic E-state index is 4.00. The van der Waals surface area contributed by atoms with Gasteiger partial charge in [0.15, 0.2) is 0 Å². The third-order valence-corrected chi connectivity index (χ3v) is 4.37. The minimum Gasteiger partial charge on any atom is -0.130 e. The van der Waals surface area contributed by atoms with Crippen molar-refractivity contribution in [2.45, 2.75) is 0 Å². The third-order valence-electron chi connectivity index (χ3n) is 2.12. The zero-order valence-corrected chi connectivity index (χ0v) is 15.5. The number of thioether (sulfide) groups is 3. The standard InChI is InChI=1S/C19H22S3/c1-8-9-10-16(3)21-18(5)13-14-19(6)22-17(4)12-11-15(2)20-7/h8-14H,1-6H2,7H3/b10-9-,12-11-,14-13-. The molecular formula is C19H22S3. The van der Waals surface area contributed by atoms with E-state index in [1.54, 1.807) is 17.8 Å². The van der Waals surface area contributed by atoms with Crippen LogP contribution in [0.2, 0.25) is 0 Å². The molecule has 0 aromatic rings. The van der Waals surface area contributed by atoms with Crippen molar-refractivity contribution in [3.05, 3.63) is 107 Å². The van der Waals surface area contributed by atoms with E-state index in [1.807, 2.05) is 42.7 Å². The van der Waals surface area contributed by atoms with Gasteiger partial charge in [0.05, 0.1) is 0 Å². The quantitative estimate of drug-likeness (QED) is 0.362. The van der Waals surface area contributed by atoms with Crippen molar-refractivity contribution in [1.29, 1.82) is 0 Å². The van der Waals surface area contributed by atoms with Gasteiger partial charge in [0, 0.05) is 19.6 Å². The van der Waals surface area contributed by atoms with Crippen LogP contribution in [-0.4, -0.2) is 6.26 Å². The lowest BCUT2D eigenvalue weighted by molar-refractivity contribution is 1.86. The van der Waals surface area contributed by atoms with E-state index in [0.717, 1.165) is 24.5 Å². The molecule has 0 spiro atoms. The van der Waals surface area contributed by atoms with E-state index < -0.39 is 0 Å². The van der Waals surface area contributed by atoms with E-state index in [1.165, 1.54) is 23.5 Å². The van der Waals surface area contributed by atoms with Gasteiger partial charge in [-0.05, 0) is 41.5 Å². The Bertz CT molecular complexity index is 557.